The van der Waals surface area contributed by atoms with Gasteiger partial charge in [-0.3, -0.25) is 4.79 Å². The summed E-state index contributed by atoms with van der Waals surface area (Å²) in [5.41, 5.74) is 0.677. The van der Waals surface area contributed by atoms with Crippen LogP contribution in [0, 0.1) is 22.7 Å². The van der Waals surface area contributed by atoms with E-state index >= 15 is 0 Å². The molecule has 1 amide bonds. The molecule has 0 saturated heterocycles. The van der Waals surface area contributed by atoms with Crippen molar-refractivity contribution in [2.75, 3.05) is 13.1 Å². The smallest absolute Gasteiger partial charge is 0.234 e. The van der Waals surface area contributed by atoms with Crippen molar-refractivity contribution in [2.24, 2.45) is 22.7 Å². The van der Waals surface area contributed by atoms with E-state index in [0.29, 0.717) is 23.4 Å². The number of carbonyl (C=O) groups is 1. The van der Waals surface area contributed by atoms with Crippen LogP contribution in [-0.4, -0.2) is 25.0 Å². The van der Waals surface area contributed by atoms with Crippen molar-refractivity contribution in [3.63, 3.8) is 0 Å². The summed E-state index contributed by atoms with van der Waals surface area (Å²) >= 11 is 0. The molecule has 2 bridgehead atoms. The molecule has 3 unspecified atom stereocenters. The number of carbonyl (C=O) groups excluding carboxylic acids is 1. The molecule has 0 heterocycles. The predicted octanol–water partition coefficient (Wildman–Crippen LogP) is 2.74. The summed E-state index contributed by atoms with van der Waals surface area (Å²) in [6.07, 6.45) is 6.47. The number of fused-ring (bicyclic) bond motifs is 2. The van der Waals surface area contributed by atoms with Gasteiger partial charge in [-0.25, -0.2) is 0 Å². The van der Waals surface area contributed by atoms with Crippen molar-refractivity contribution in [3.05, 3.63) is 0 Å². The van der Waals surface area contributed by atoms with Crippen molar-refractivity contribution < 1.29 is 4.79 Å². The maximum absolute atomic E-state index is 12.1. The van der Waals surface area contributed by atoms with Crippen LogP contribution in [-0.2, 0) is 4.79 Å². The minimum Gasteiger partial charge on any atom is -0.352 e. The molecule has 0 radical (unpaired) electrons. The minimum atomic E-state index is 0. The van der Waals surface area contributed by atoms with Crippen molar-refractivity contribution in [3.8, 4) is 0 Å². The number of halogens is 1. The zero-order valence-electron chi connectivity index (χ0n) is 13.0. The van der Waals surface area contributed by atoms with Gasteiger partial charge in [-0.05, 0) is 61.3 Å². The first-order valence-corrected chi connectivity index (χ1v) is 7.93. The Hall–Kier alpha value is -0.280. The standard InChI is InChI=1S/C16H28N2O.ClH/c1-15(2)12-6-7-16(15,3)13(8-12)18-14(19)10-17-9-11-4-5-11;/h11-13,17H,4-10H2,1-3H3,(H,18,19);1H. The molecule has 3 aliphatic carbocycles. The highest BCUT2D eigenvalue weighted by molar-refractivity contribution is 5.85. The topological polar surface area (TPSA) is 41.1 Å². The summed E-state index contributed by atoms with van der Waals surface area (Å²) < 4.78 is 0. The Morgan fingerprint density at radius 2 is 1.90 bits per heavy atom. The zero-order chi connectivity index (χ0) is 13.7. The Morgan fingerprint density at radius 3 is 2.40 bits per heavy atom. The van der Waals surface area contributed by atoms with E-state index in [1.54, 1.807) is 0 Å². The largest absolute Gasteiger partial charge is 0.352 e. The third-order valence-electron chi connectivity index (χ3n) is 6.54. The van der Waals surface area contributed by atoms with Crippen molar-refractivity contribution in [1.82, 2.24) is 10.6 Å². The lowest BCUT2D eigenvalue weighted by atomic mass is 9.69. The quantitative estimate of drug-likeness (QED) is 0.820. The Kier molecular flexibility index (Phi) is 4.42. The van der Waals surface area contributed by atoms with Gasteiger partial charge in [0.2, 0.25) is 5.91 Å². The summed E-state index contributed by atoms with van der Waals surface area (Å²) in [7, 11) is 0. The number of rotatable bonds is 5. The fraction of sp³-hybridized carbons (Fsp3) is 0.938. The number of amides is 1. The van der Waals surface area contributed by atoms with Crippen LogP contribution in [0.2, 0.25) is 0 Å². The van der Waals surface area contributed by atoms with Crippen molar-refractivity contribution in [2.45, 2.75) is 58.9 Å². The number of nitrogens with one attached hydrogen (secondary N) is 2. The lowest BCUT2D eigenvalue weighted by molar-refractivity contribution is -0.122. The second-order valence-electron chi connectivity index (χ2n) is 7.80. The first-order chi connectivity index (χ1) is 8.93. The second-order valence-corrected chi connectivity index (χ2v) is 7.80. The molecule has 3 atom stereocenters. The maximum atomic E-state index is 12.1. The van der Waals surface area contributed by atoms with E-state index in [1.165, 1.54) is 32.1 Å². The molecule has 0 aliphatic heterocycles. The summed E-state index contributed by atoms with van der Waals surface area (Å²) in [6, 6.07) is 0.386. The molecular weight excluding hydrogens is 272 g/mol. The highest BCUT2D eigenvalue weighted by atomic mass is 35.5. The highest BCUT2D eigenvalue weighted by Gasteiger charge is 2.61. The van der Waals surface area contributed by atoms with Gasteiger partial charge >= 0.3 is 0 Å². The molecule has 0 spiro atoms. The Bertz CT molecular complexity index is 381. The van der Waals surface area contributed by atoms with E-state index in [2.05, 4.69) is 31.4 Å². The second kappa shape index (κ2) is 5.49. The van der Waals surface area contributed by atoms with Crippen LogP contribution < -0.4 is 10.6 Å². The molecule has 3 saturated carbocycles. The first kappa shape index (κ1) is 16.1. The molecule has 0 aromatic carbocycles. The molecular formula is C16H29ClN2O. The van der Waals surface area contributed by atoms with Crippen LogP contribution in [0.5, 0.6) is 0 Å². The van der Waals surface area contributed by atoms with Gasteiger partial charge in [0.25, 0.3) is 0 Å². The first-order valence-electron chi connectivity index (χ1n) is 7.93. The average Bonchev–Trinajstić information content (AvgIpc) is 3.09. The molecule has 3 aliphatic rings. The Labute approximate surface area is 129 Å². The maximum Gasteiger partial charge on any atom is 0.234 e. The summed E-state index contributed by atoms with van der Waals surface area (Å²) in [6.45, 7) is 8.67. The van der Waals surface area contributed by atoms with Gasteiger partial charge in [0.05, 0.1) is 6.54 Å². The molecule has 3 rings (SSSR count). The number of hydrogen-bond donors (Lipinski definition) is 2. The summed E-state index contributed by atoms with van der Waals surface area (Å²) in [5.74, 6) is 1.82. The molecule has 116 valence electrons. The third-order valence-corrected chi connectivity index (χ3v) is 6.54. The monoisotopic (exact) mass is 300 g/mol. The SMILES string of the molecule is CC1(C)C2CCC1(C)C(NC(=O)CNCC1CC1)C2.Cl. The van der Waals surface area contributed by atoms with Gasteiger partial charge in [-0.1, -0.05) is 20.8 Å². The van der Waals surface area contributed by atoms with Gasteiger partial charge in [-0.2, -0.15) is 0 Å². The molecule has 4 heteroatoms. The van der Waals surface area contributed by atoms with Gasteiger partial charge in [0.15, 0.2) is 0 Å². The van der Waals surface area contributed by atoms with Crippen LogP contribution >= 0.6 is 12.4 Å². The van der Waals surface area contributed by atoms with Gasteiger partial charge < -0.3 is 10.6 Å². The van der Waals surface area contributed by atoms with Crippen LogP contribution in [0.15, 0.2) is 0 Å². The Morgan fingerprint density at radius 1 is 1.20 bits per heavy atom. The fourth-order valence-corrected chi connectivity index (χ4v) is 4.38. The summed E-state index contributed by atoms with van der Waals surface area (Å²) in [4.78, 5) is 12.1. The van der Waals surface area contributed by atoms with Gasteiger partial charge in [0, 0.05) is 6.04 Å². The predicted molar refractivity (Wildman–Crippen MR) is 84.0 cm³/mol. The third kappa shape index (κ3) is 2.59. The molecule has 3 fully saturated rings. The molecule has 20 heavy (non-hydrogen) atoms. The minimum absolute atomic E-state index is 0. The lowest BCUT2D eigenvalue weighted by Gasteiger charge is -2.39. The highest BCUT2D eigenvalue weighted by Crippen LogP contribution is 2.65. The van der Waals surface area contributed by atoms with Crippen LogP contribution in [0.3, 0.4) is 0 Å². The van der Waals surface area contributed by atoms with Crippen LogP contribution in [0.25, 0.3) is 0 Å². The normalized spacial score (nSPS) is 37.5. The van der Waals surface area contributed by atoms with Crippen molar-refractivity contribution >= 4 is 18.3 Å². The molecule has 0 aromatic rings. The van der Waals surface area contributed by atoms with E-state index in [4.69, 9.17) is 0 Å². The van der Waals surface area contributed by atoms with Crippen LogP contribution in [0.1, 0.15) is 52.9 Å². The van der Waals surface area contributed by atoms with E-state index in [-0.39, 0.29) is 18.3 Å². The average molecular weight is 301 g/mol. The Balaban J connectivity index is 0.00000147. The molecule has 3 nitrogen and oxygen atoms in total. The van der Waals surface area contributed by atoms with Gasteiger partial charge in [-0.15, -0.1) is 12.4 Å². The summed E-state index contributed by atoms with van der Waals surface area (Å²) in [5, 5.41) is 6.59. The zero-order valence-corrected chi connectivity index (χ0v) is 13.8. The molecule has 2 N–H and O–H groups in total. The van der Waals surface area contributed by atoms with Gasteiger partial charge in [0.1, 0.15) is 0 Å². The lowest BCUT2D eigenvalue weighted by Crippen LogP contribution is -2.49. The van der Waals surface area contributed by atoms with Crippen molar-refractivity contribution in [1.29, 1.82) is 0 Å². The van der Waals surface area contributed by atoms with Crippen LogP contribution in [0.4, 0.5) is 0 Å². The fourth-order valence-electron chi connectivity index (χ4n) is 4.38. The van der Waals surface area contributed by atoms with E-state index in [0.717, 1.165) is 18.4 Å². The number of hydrogen-bond acceptors (Lipinski definition) is 2. The van der Waals surface area contributed by atoms with E-state index < -0.39 is 0 Å². The molecule has 0 aromatic heterocycles. The van der Waals surface area contributed by atoms with E-state index in [1.807, 2.05) is 0 Å². The van der Waals surface area contributed by atoms with E-state index in [9.17, 15) is 4.79 Å².